The third-order valence-corrected chi connectivity index (χ3v) is 2.24. The van der Waals surface area contributed by atoms with Crippen LogP contribution in [0.25, 0.3) is 0 Å². The fraction of sp³-hybridized carbons (Fsp3) is 1.00. The van der Waals surface area contributed by atoms with E-state index in [1.165, 1.54) is 0 Å². The molecule has 1 aliphatic carbocycles. The molecule has 0 saturated heterocycles. The van der Waals surface area contributed by atoms with Crippen molar-refractivity contribution in [2.45, 2.75) is 37.9 Å². The van der Waals surface area contributed by atoms with Crippen molar-refractivity contribution in [2.75, 3.05) is 20.3 Å². The number of methoxy groups -OCH3 is 1. The van der Waals surface area contributed by atoms with Crippen LogP contribution in [-0.4, -0.2) is 37.6 Å². The Morgan fingerprint density at radius 3 is 2.75 bits per heavy atom. The average Bonchev–Trinajstić information content (AvgIpc) is 2.46. The molecule has 0 radical (unpaired) electrons. The van der Waals surface area contributed by atoms with Crippen LogP contribution in [0.2, 0.25) is 0 Å². The molecule has 0 aromatic rings. The van der Waals surface area contributed by atoms with Crippen molar-refractivity contribution in [3.63, 3.8) is 0 Å². The predicted octanol–water partition coefficient (Wildman–Crippen LogP) is 0.953. The van der Waals surface area contributed by atoms with E-state index in [-0.39, 0.29) is 12.2 Å². The lowest BCUT2D eigenvalue weighted by Crippen LogP contribution is -2.23. The summed E-state index contributed by atoms with van der Waals surface area (Å²) in [6, 6.07) is 0. The van der Waals surface area contributed by atoms with E-state index in [4.69, 9.17) is 9.47 Å². The summed E-state index contributed by atoms with van der Waals surface area (Å²) >= 11 is 0. The van der Waals surface area contributed by atoms with Crippen molar-refractivity contribution >= 4 is 0 Å². The van der Waals surface area contributed by atoms with E-state index in [0.717, 1.165) is 32.3 Å². The zero-order chi connectivity index (χ0) is 8.81. The van der Waals surface area contributed by atoms with Crippen LogP contribution in [-0.2, 0) is 9.47 Å². The maximum Gasteiger partial charge on any atom is 0.0833 e. The van der Waals surface area contributed by atoms with Crippen molar-refractivity contribution in [3.05, 3.63) is 0 Å². The van der Waals surface area contributed by atoms with Gasteiger partial charge in [-0.25, -0.2) is 0 Å². The molecule has 0 heterocycles. The second-order valence-corrected chi connectivity index (χ2v) is 3.25. The highest BCUT2D eigenvalue weighted by atomic mass is 16.5. The van der Waals surface area contributed by atoms with Crippen molar-refractivity contribution in [1.29, 1.82) is 0 Å². The molecule has 2 unspecified atom stereocenters. The maximum absolute atomic E-state index is 9.39. The van der Waals surface area contributed by atoms with Crippen LogP contribution in [0.1, 0.15) is 25.7 Å². The topological polar surface area (TPSA) is 38.7 Å². The molecule has 3 heteroatoms. The quantitative estimate of drug-likeness (QED) is 0.631. The van der Waals surface area contributed by atoms with Crippen molar-refractivity contribution in [3.8, 4) is 0 Å². The summed E-state index contributed by atoms with van der Waals surface area (Å²) in [6.07, 6.45) is 3.77. The van der Waals surface area contributed by atoms with Gasteiger partial charge in [-0.3, -0.25) is 0 Å². The van der Waals surface area contributed by atoms with Crippen molar-refractivity contribution in [1.82, 2.24) is 0 Å². The second kappa shape index (κ2) is 5.51. The lowest BCUT2D eigenvalue weighted by atomic mass is 10.2. The molecule has 12 heavy (non-hydrogen) atoms. The largest absolute Gasteiger partial charge is 0.390 e. The number of aliphatic hydroxyl groups excluding tert-OH is 1. The third kappa shape index (κ3) is 3.09. The summed E-state index contributed by atoms with van der Waals surface area (Å²) in [5.74, 6) is 0. The summed E-state index contributed by atoms with van der Waals surface area (Å²) in [7, 11) is 1.68. The summed E-state index contributed by atoms with van der Waals surface area (Å²) in [5, 5.41) is 9.39. The molecule has 2 atom stereocenters. The van der Waals surface area contributed by atoms with Gasteiger partial charge in [-0.2, -0.15) is 0 Å². The maximum atomic E-state index is 9.39. The third-order valence-electron chi connectivity index (χ3n) is 2.24. The Bertz CT molecular complexity index is 116. The molecule has 0 aromatic heterocycles. The van der Waals surface area contributed by atoms with Gasteiger partial charge in [-0.1, -0.05) is 0 Å². The van der Waals surface area contributed by atoms with Crippen LogP contribution in [0.5, 0.6) is 0 Å². The van der Waals surface area contributed by atoms with Gasteiger partial charge in [0.15, 0.2) is 0 Å². The first-order valence-electron chi connectivity index (χ1n) is 4.63. The van der Waals surface area contributed by atoms with Gasteiger partial charge >= 0.3 is 0 Å². The van der Waals surface area contributed by atoms with E-state index in [1.54, 1.807) is 7.11 Å². The Balaban J connectivity index is 1.98. The second-order valence-electron chi connectivity index (χ2n) is 3.25. The van der Waals surface area contributed by atoms with Crippen LogP contribution in [0, 0.1) is 0 Å². The molecule has 1 aliphatic rings. The summed E-state index contributed by atoms with van der Waals surface area (Å²) < 4.78 is 10.4. The zero-order valence-corrected chi connectivity index (χ0v) is 7.66. The molecule has 0 bridgehead atoms. The lowest BCUT2D eigenvalue weighted by molar-refractivity contribution is -0.0238. The van der Waals surface area contributed by atoms with Crippen molar-refractivity contribution in [2.24, 2.45) is 0 Å². The minimum Gasteiger partial charge on any atom is -0.390 e. The first-order chi connectivity index (χ1) is 5.84. The Labute approximate surface area is 73.7 Å². The summed E-state index contributed by atoms with van der Waals surface area (Å²) in [4.78, 5) is 0. The van der Waals surface area contributed by atoms with Crippen LogP contribution >= 0.6 is 0 Å². The molecule has 3 nitrogen and oxygen atoms in total. The number of ether oxygens (including phenoxy) is 2. The number of aliphatic hydroxyl groups is 1. The average molecular weight is 174 g/mol. The fourth-order valence-corrected chi connectivity index (χ4v) is 1.54. The highest BCUT2D eigenvalue weighted by Crippen LogP contribution is 2.21. The van der Waals surface area contributed by atoms with Crippen LogP contribution < -0.4 is 0 Å². The first-order valence-corrected chi connectivity index (χ1v) is 4.63. The highest BCUT2D eigenvalue weighted by Gasteiger charge is 2.25. The highest BCUT2D eigenvalue weighted by molar-refractivity contribution is 4.76. The van der Waals surface area contributed by atoms with Crippen LogP contribution in [0.15, 0.2) is 0 Å². The van der Waals surface area contributed by atoms with Gasteiger partial charge in [-0.05, 0) is 25.7 Å². The fourth-order valence-electron chi connectivity index (χ4n) is 1.54. The minimum absolute atomic E-state index is 0.0851. The van der Waals surface area contributed by atoms with E-state index < -0.39 is 0 Å². The predicted molar refractivity (Wildman–Crippen MR) is 46.1 cm³/mol. The monoisotopic (exact) mass is 174 g/mol. The normalized spacial score (nSPS) is 29.5. The van der Waals surface area contributed by atoms with Crippen molar-refractivity contribution < 1.29 is 14.6 Å². The smallest absolute Gasteiger partial charge is 0.0833 e. The zero-order valence-electron chi connectivity index (χ0n) is 7.66. The molecule has 0 aromatic carbocycles. The van der Waals surface area contributed by atoms with E-state index in [1.807, 2.05) is 0 Å². The molecule has 1 N–H and O–H groups in total. The van der Waals surface area contributed by atoms with Crippen LogP contribution in [0.4, 0.5) is 0 Å². The van der Waals surface area contributed by atoms with Gasteiger partial charge in [0.2, 0.25) is 0 Å². The SMILES string of the molecule is COCCCOC1CCCC1O. The Kier molecular flexibility index (Phi) is 4.58. The van der Waals surface area contributed by atoms with E-state index in [0.29, 0.717) is 6.61 Å². The number of rotatable bonds is 5. The Morgan fingerprint density at radius 1 is 1.33 bits per heavy atom. The van der Waals surface area contributed by atoms with E-state index in [9.17, 15) is 5.11 Å². The summed E-state index contributed by atoms with van der Waals surface area (Å²) in [6.45, 7) is 1.44. The summed E-state index contributed by atoms with van der Waals surface area (Å²) in [5.41, 5.74) is 0. The molecule has 1 saturated carbocycles. The molecule has 72 valence electrons. The molecular weight excluding hydrogens is 156 g/mol. The molecule has 0 spiro atoms. The molecular formula is C9H18O3. The van der Waals surface area contributed by atoms with Gasteiger partial charge < -0.3 is 14.6 Å². The lowest BCUT2D eigenvalue weighted by Gasteiger charge is -2.14. The van der Waals surface area contributed by atoms with Gasteiger partial charge in [0, 0.05) is 20.3 Å². The Morgan fingerprint density at radius 2 is 2.17 bits per heavy atom. The minimum atomic E-state index is -0.229. The Hall–Kier alpha value is -0.120. The standard InChI is InChI=1S/C9H18O3/c1-11-6-3-7-12-9-5-2-4-8(9)10/h8-10H,2-7H2,1H3. The number of hydrogen-bond acceptors (Lipinski definition) is 3. The van der Waals surface area contributed by atoms with Gasteiger partial charge in [0.05, 0.1) is 12.2 Å². The molecule has 0 amide bonds. The van der Waals surface area contributed by atoms with E-state index >= 15 is 0 Å². The van der Waals surface area contributed by atoms with E-state index in [2.05, 4.69) is 0 Å². The van der Waals surface area contributed by atoms with Gasteiger partial charge in [-0.15, -0.1) is 0 Å². The molecule has 1 fully saturated rings. The van der Waals surface area contributed by atoms with Gasteiger partial charge in [0.1, 0.15) is 0 Å². The van der Waals surface area contributed by atoms with Gasteiger partial charge in [0.25, 0.3) is 0 Å². The van der Waals surface area contributed by atoms with Crippen LogP contribution in [0.3, 0.4) is 0 Å². The molecule has 0 aliphatic heterocycles. The first kappa shape index (κ1) is 9.96. The number of hydrogen-bond donors (Lipinski definition) is 1. The molecule has 1 rings (SSSR count).